The molecular weight excluding hydrogens is 156 g/mol. The molecule has 0 atom stereocenters. The highest BCUT2D eigenvalue weighted by Crippen LogP contribution is 2.09. The summed E-state index contributed by atoms with van der Waals surface area (Å²) < 4.78 is 0. The van der Waals surface area contributed by atoms with Crippen LogP contribution >= 0.6 is 23.5 Å². The first kappa shape index (κ1) is 8.64. The van der Waals surface area contributed by atoms with Gasteiger partial charge in [0.2, 0.25) is 0 Å². The van der Waals surface area contributed by atoms with Crippen LogP contribution in [0.2, 0.25) is 0 Å². The van der Waals surface area contributed by atoms with Gasteiger partial charge in [-0.2, -0.15) is 0 Å². The summed E-state index contributed by atoms with van der Waals surface area (Å²) >= 11 is 2.33. The van der Waals surface area contributed by atoms with Crippen molar-refractivity contribution in [2.24, 2.45) is 11.5 Å². The van der Waals surface area contributed by atoms with E-state index in [2.05, 4.69) is 0 Å². The Labute approximate surface area is 61.8 Å². The minimum absolute atomic E-state index is 0.0590. The summed E-state index contributed by atoms with van der Waals surface area (Å²) in [5.74, 6) is 0. The Kier molecular flexibility index (Phi) is 4.33. The molecule has 0 bridgehead atoms. The molecule has 6 N–H and O–H groups in total. The lowest BCUT2D eigenvalue weighted by Gasteiger charge is -1.94. The Morgan fingerprint density at radius 3 is 1.67 bits per heavy atom. The Morgan fingerprint density at radius 1 is 1.11 bits per heavy atom. The molecule has 0 rings (SSSR count). The molecule has 0 aromatic rings. The van der Waals surface area contributed by atoms with E-state index in [0.29, 0.717) is 5.08 Å². The number of nitrogens with one attached hydrogen (secondary N) is 2. The van der Waals surface area contributed by atoms with Crippen LogP contribution in [-0.2, 0) is 0 Å². The fourth-order valence-electron chi connectivity index (χ4n) is 0.156. The molecule has 0 saturated heterocycles. The first-order chi connectivity index (χ1) is 4.13. The van der Waals surface area contributed by atoms with E-state index in [0.717, 1.165) is 23.5 Å². The molecule has 0 spiro atoms. The highest BCUT2D eigenvalue weighted by Gasteiger charge is 1.92. The first-order valence-corrected chi connectivity index (χ1v) is 4.03. The smallest absolute Gasteiger partial charge is 0.151 e. The van der Waals surface area contributed by atoms with Gasteiger partial charge in [0.25, 0.3) is 0 Å². The van der Waals surface area contributed by atoms with Crippen LogP contribution in [-0.4, -0.2) is 15.4 Å². The van der Waals surface area contributed by atoms with Gasteiger partial charge in [-0.1, -0.05) is 23.5 Å². The monoisotopic (exact) mass is 164 g/mol. The van der Waals surface area contributed by atoms with Crippen molar-refractivity contribution in [3.05, 3.63) is 0 Å². The second kappa shape index (κ2) is 4.51. The van der Waals surface area contributed by atoms with Crippen LogP contribution in [0.5, 0.6) is 0 Å². The van der Waals surface area contributed by atoms with Gasteiger partial charge in [-0.25, -0.2) is 0 Å². The highest BCUT2D eigenvalue weighted by molar-refractivity contribution is 8.28. The molecule has 0 radical (unpaired) electrons. The van der Waals surface area contributed by atoms with Gasteiger partial charge in [-0.15, -0.1) is 0 Å². The van der Waals surface area contributed by atoms with Crippen LogP contribution < -0.4 is 11.5 Å². The predicted molar refractivity (Wildman–Crippen MR) is 43.9 cm³/mol. The number of nitrogens with two attached hydrogens (primary N) is 2. The molecule has 4 nitrogen and oxygen atoms in total. The van der Waals surface area contributed by atoms with Gasteiger partial charge in [0.05, 0.1) is 5.08 Å². The van der Waals surface area contributed by atoms with E-state index in [9.17, 15) is 0 Å². The van der Waals surface area contributed by atoms with Gasteiger partial charge in [0.15, 0.2) is 10.3 Å². The van der Waals surface area contributed by atoms with Gasteiger partial charge >= 0.3 is 0 Å². The quantitative estimate of drug-likeness (QED) is 0.266. The summed E-state index contributed by atoms with van der Waals surface area (Å²) in [5.41, 5.74) is 10.0. The molecule has 0 aliphatic heterocycles. The number of thioether (sulfide) groups is 2. The SMILES string of the molecule is N=C(N)SCSC(=N)N. The van der Waals surface area contributed by atoms with Crippen molar-refractivity contribution in [1.29, 1.82) is 10.8 Å². The first-order valence-electron chi connectivity index (χ1n) is 2.06. The van der Waals surface area contributed by atoms with Crippen molar-refractivity contribution in [3.63, 3.8) is 0 Å². The lowest BCUT2D eigenvalue weighted by atomic mass is 11.4. The largest absolute Gasteiger partial charge is 0.379 e. The van der Waals surface area contributed by atoms with Crippen molar-refractivity contribution in [1.82, 2.24) is 0 Å². The third-order valence-corrected chi connectivity index (χ3v) is 1.99. The maximum Gasteiger partial charge on any atom is 0.151 e. The number of rotatable bonds is 2. The molecule has 0 heterocycles. The number of amidine groups is 2. The lowest BCUT2D eigenvalue weighted by Crippen LogP contribution is -2.07. The Balaban J connectivity index is 3.10. The summed E-state index contributed by atoms with van der Waals surface area (Å²) in [5, 5.41) is 14.2. The topological polar surface area (TPSA) is 99.7 Å². The molecule has 0 amide bonds. The summed E-state index contributed by atoms with van der Waals surface area (Å²) in [7, 11) is 0. The fourth-order valence-corrected chi connectivity index (χ4v) is 1.41. The maximum atomic E-state index is 6.75. The summed E-state index contributed by atoms with van der Waals surface area (Å²) in [6.07, 6.45) is 0. The van der Waals surface area contributed by atoms with Crippen molar-refractivity contribution < 1.29 is 0 Å². The van der Waals surface area contributed by atoms with Crippen LogP contribution in [0.1, 0.15) is 0 Å². The van der Waals surface area contributed by atoms with E-state index in [1.54, 1.807) is 0 Å². The van der Waals surface area contributed by atoms with Gasteiger partial charge in [0.1, 0.15) is 0 Å². The van der Waals surface area contributed by atoms with Crippen LogP contribution in [0.4, 0.5) is 0 Å². The van der Waals surface area contributed by atoms with E-state index < -0.39 is 0 Å². The summed E-state index contributed by atoms with van der Waals surface area (Å²) in [4.78, 5) is 0. The summed E-state index contributed by atoms with van der Waals surface area (Å²) in [6, 6.07) is 0. The molecule has 0 fully saturated rings. The molecule has 0 aliphatic rings. The lowest BCUT2D eigenvalue weighted by molar-refractivity contribution is 1.50. The molecule has 0 saturated carbocycles. The molecular formula is C3H8N4S2. The maximum absolute atomic E-state index is 6.75. The molecule has 6 heteroatoms. The minimum Gasteiger partial charge on any atom is -0.379 e. The third-order valence-electron chi connectivity index (χ3n) is 0.429. The number of hydrogen-bond donors (Lipinski definition) is 4. The van der Waals surface area contributed by atoms with Crippen LogP contribution in [0.3, 0.4) is 0 Å². The molecule has 0 aliphatic carbocycles. The second-order valence-electron chi connectivity index (χ2n) is 1.14. The van der Waals surface area contributed by atoms with Crippen molar-refractivity contribution >= 4 is 33.9 Å². The number of hydrogen-bond acceptors (Lipinski definition) is 4. The Morgan fingerprint density at radius 2 is 1.44 bits per heavy atom. The Bertz CT molecular complexity index is 109. The van der Waals surface area contributed by atoms with Crippen molar-refractivity contribution in [2.75, 3.05) is 5.08 Å². The third kappa shape index (κ3) is 7.64. The average Bonchev–Trinajstić information content (AvgIpc) is 1.63. The zero-order valence-corrected chi connectivity index (χ0v) is 6.31. The highest BCUT2D eigenvalue weighted by atomic mass is 32.2. The van der Waals surface area contributed by atoms with Crippen LogP contribution in [0.25, 0.3) is 0 Å². The van der Waals surface area contributed by atoms with Gasteiger partial charge in [-0.05, 0) is 0 Å². The summed E-state index contributed by atoms with van der Waals surface area (Å²) in [6.45, 7) is 0. The van der Waals surface area contributed by atoms with E-state index in [1.807, 2.05) is 0 Å². The zero-order chi connectivity index (χ0) is 7.28. The molecule has 0 aromatic heterocycles. The Hall–Kier alpha value is -0.360. The standard InChI is InChI=1S/C3H8N4S2/c4-2(5)8-1-9-3(6)7/h1H2,(H3,4,5)(H3,6,7). The van der Waals surface area contributed by atoms with Gasteiger partial charge < -0.3 is 11.5 Å². The predicted octanol–water partition coefficient (Wildman–Crippen LogP) is 0.197. The normalized spacial score (nSPS) is 8.89. The van der Waals surface area contributed by atoms with Crippen LogP contribution in [0.15, 0.2) is 0 Å². The van der Waals surface area contributed by atoms with E-state index in [-0.39, 0.29) is 10.3 Å². The van der Waals surface area contributed by atoms with E-state index in [1.165, 1.54) is 0 Å². The fraction of sp³-hybridized carbons (Fsp3) is 0.333. The van der Waals surface area contributed by atoms with Gasteiger partial charge in [0, 0.05) is 0 Å². The minimum atomic E-state index is 0.0590. The van der Waals surface area contributed by atoms with Gasteiger partial charge in [-0.3, -0.25) is 10.8 Å². The molecule has 0 aromatic carbocycles. The molecule has 52 valence electrons. The van der Waals surface area contributed by atoms with Crippen molar-refractivity contribution in [3.8, 4) is 0 Å². The average molecular weight is 164 g/mol. The van der Waals surface area contributed by atoms with Crippen molar-refractivity contribution in [2.45, 2.75) is 0 Å². The zero-order valence-electron chi connectivity index (χ0n) is 4.68. The van der Waals surface area contributed by atoms with E-state index >= 15 is 0 Å². The molecule has 0 unspecified atom stereocenters. The van der Waals surface area contributed by atoms with Crippen LogP contribution in [0, 0.1) is 10.8 Å². The van der Waals surface area contributed by atoms with E-state index in [4.69, 9.17) is 22.3 Å². The molecule has 9 heavy (non-hydrogen) atoms. The second-order valence-corrected chi connectivity index (χ2v) is 3.53.